The second kappa shape index (κ2) is 8.90. The van der Waals surface area contributed by atoms with Crippen LogP contribution >= 0.6 is 12.2 Å². The van der Waals surface area contributed by atoms with Crippen LogP contribution in [0.4, 0.5) is 0 Å². The maximum Gasteiger partial charge on any atom is 0.118 e. The average molecular weight is 340 g/mol. The molecule has 0 heterocycles. The zero-order valence-electron chi connectivity index (χ0n) is 13.9. The summed E-state index contributed by atoms with van der Waals surface area (Å²) in [6.07, 6.45) is 0.238. The first-order valence-electron chi connectivity index (χ1n) is 7.57. The third-order valence-corrected chi connectivity index (χ3v) is 4.05. The molecule has 2 aromatic rings. The van der Waals surface area contributed by atoms with Gasteiger partial charge in [-0.15, -0.1) is 0 Å². The Balaban J connectivity index is 2.13. The number of methoxy groups -OCH3 is 2. The highest BCUT2D eigenvalue weighted by molar-refractivity contribution is 7.80. The minimum absolute atomic E-state index is 0.238. The number of benzene rings is 2. The van der Waals surface area contributed by atoms with Crippen LogP contribution in [0.25, 0.3) is 0 Å². The molecule has 5 heteroatoms. The van der Waals surface area contributed by atoms with E-state index in [-0.39, 0.29) is 6.42 Å². The summed E-state index contributed by atoms with van der Waals surface area (Å²) in [5, 5.41) is 8.96. The van der Waals surface area contributed by atoms with E-state index in [0.717, 1.165) is 22.6 Å². The summed E-state index contributed by atoms with van der Waals surface area (Å²) < 4.78 is 10.4. The number of hydrogen-bond donors (Lipinski definition) is 0. The number of hydrogen-bond acceptors (Lipinski definition) is 4. The van der Waals surface area contributed by atoms with Gasteiger partial charge in [-0.05, 0) is 35.4 Å². The molecule has 0 saturated carbocycles. The second-order valence-corrected chi connectivity index (χ2v) is 5.75. The largest absolute Gasteiger partial charge is 0.497 e. The molecule has 0 fully saturated rings. The third-order valence-electron chi connectivity index (χ3n) is 3.65. The first-order chi connectivity index (χ1) is 11.7. The topological polar surface area (TPSA) is 45.5 Å². The van der Waals surface area contributed by atoms with Crippen molar-refractivity contribution in [3.8, 4) is 17.6 Å². The molecule has 0 aliphatic rings. The highest BCUT2D eigenvalue weighted by Crippen LogP contribution is 2.18. The van der Waals surface area contributed by atoms with E-state index in [2.05, 4.69) is 6.07 Å². The van der Waals surface area contributed by atoms with Crippen LogP contribution in [0, 0.1) is 11.3 Å². The summed E-state index contributed by atoms with van der Waals surface area (Å²) in [7, 11) is 3.29. The molecule has 0 amide bonds. The van der Waals surface area contributed by atoms with Crippen molar-refractivity contribution in [2.75, 3.05) is 14.2 Å². The van der Waals surface area contributed by atoms with Gasteiger partial charge in [0, 0.05) is 13.1 Å². The van der Waals surface area contributed by atoms with E-state index in [4.69, 9.17) is 27.0 Å². The molecule has 0 aliphatic heterocycles. The van der Waals surface area contributed by atoms with E-state index in [9.17, 15) is 0 Å². The lowest BCUT2D eigenvalue weighted by Gasteiger charge is -2.24. The Kier molecular flexibility index (Phi) is 6.59. The van der Waals surface area contributed by atoms with Gasteiger partial charge >= 0.3 is 0 Å². The Morgan fingerprint density at radius 1 is 0.917 bits per heavy atom. The summed E-state index contributed by atoms with van der Waals surface area (Å²) in [6.45, 7) is 1.30. The number of ether oxygens (including phenoxy) is 2. The van der Waals surface area contributed by atoms with Crippen LogP contribution in [-0.2, 0) is 13.1 Å². The molecular formula is C19H20N2O2S. The summed E-state index contributed by atoms with van der Waals surface area (Å²) in [5.41, 5.74) is 2.23. The van der Waals surface area contributed by atoms with Crippen molar-refractivity contribution in [2.45, 2.75) is 19.5 Å². The van der Waals surface area contributed by atoms with Gasteiger partial charge < -0.3 is 14.4 Å². The maximum atomic E-state index is 8.96. The second-order valence-electron chi connectivity index (χ2n) is 5.28. The number of nitriles is 1. The van der Waals surface area contributed by atoms with Crippen molar-refractivity contribution in [3.63, 3.8) is 0 Å². The van der Waals surface area contributed by atoms with Gasteiger partial charge in [0.05, 0.1) is 31.7 Å². The first-order valence-corrected chi connectivity index (χ1v) is 7.97. The first kappa shape index (κ1) is 17.8. The van der Waals surface area contributed by atoms with E-state index in [0.29, 0.717) is 18.1 Å². The van der Waals surface area contributed by atoms with Gasteiger partial charge in [0.15, 0.2) is 0 Å². The van der Waals surface area contributed by atoms with Gasteiger partial charge in [-0.1, -0.05) is 36.5 Å². The quantitative estimate of drug-likeness (QED) is 0.714. The molecule has 2 rings (SSSR count). The molecule has 124 valence electrons. The zero-order chi connectivity index (χ0) is 17.4. The Hall–Kier alpha value is -2.58. The van der Waals surface area contributed by atoms with Gasteiger partial charge in [0.2, 0.25) is 0 Å². The smallest absolute Gasteiger partial charge is 0.118 e. The molecule has 0 saturated heterocycles. The van der Waals surface area contributed by atoms with Crippen LogP contribution in [0.3, 0.4) is 0 Å². The lowest BCUT2D eigenvalue weighted by Crippen LogP contribution is -2.28. The average Bonchev–Trinajstić information content (AvgIpc) is 2.62. The fourth-order valence-electron chi connectivity index (χ4n) is 2.31. The Morgan fingerprint density at radius 3 is 1.67 bits per heavy atom. The van der Waals surface area contributed by atoms with Crippen molar-refractivity contribution >= 4 is 17.2 Å². The molecule has 0 radical (unpaired) electrons. The van der Waals surface area contributed by atoms with E-state index in [1.54, 1.807) is 14.2 Å². The van der Waals surface area contributed by atoms with Gasteiger partial charge in [0.25, 0.3) is 0 Å². The lowest BCUT2D eigenvalue weighted by molar-refractivity contribution is 0.402. The summed E-state index contributed by atoms with van der Waals surface area (Å²) >= 11 is 5.42. The van der Waals surface area contributed by atoms with Crippen LogP contribution in [0.2, 0.25) is 0 Å². The Bertz CT molecular complexity index is 656. The van der Waals surface area contributed by atoms with E-state index in [1.807, 2.05) is 53.4 Å². The van der Waals surface area contributed by atoms with Gasteiger partial charge in [0.1, 0.15) is 11.5 Å². The molecule has 0 aromatic heterocycles. The van der Waals surface area contributed by atoms with Gasteiger partial charge in [-0.2, -0.15) is 5.26 Å². The minimum atomic E-state index is 0.238. The molecule has 24 heavy (non-hydrogen) atoms. The predicted octanol–water partition coefficient (Wildman–Crippen LogP) is 3.95. The van der Waals surface area contributed by atoms with Crippen LogP contribution in [-0.4, -0.2) is 24.1 Å². The molecule has 0 bridgehead atoms. The van der Waals surface area contributed by atoms with Gasteiger partial charge in [-0.25, -0.2) is 0 Å². The SMILES string of the molecule is COc1ccc(CN(Cc2ccc(OC)cc2)C(=S)CC#N)cc1. The van der Waals surface area contributed by atoms with Gasteiger partial charge in [-0.3, -0.25) is 0 Å². The predicted molar refractivity (Wildman–Crippen MR) is 98.1 cm³/mol. The van der Waals surface area contributed by atoms with E-state index in [1.165, 1.54) is 0 Å². The van der Waals surface area contributed by atoms with Crippen molar-refractivity contribution in [1.82, 2.24) is 4.90 Å². The van der Waals surface area contributed by atoms with E-state index < -0.39 is 0 Å². The molecule has 0 aliphatic carbocycles. The zero-order valence-corrected chi connectivity index (χ0v) is 14.7. The molecule has 0 atom stereocenters. The molecule has 4 nitrogen and oxygen atoms in total. The monoisotopic (exact) mass is 340 g/mol. The summed E-state index contributed by atoms with van der Waals surface area (Å²) in [6, 6.07) is 17.9. The van der Waals surface area contributed by atoms with Crippen molar-refractivity contribution < 1.29 is 9.47 Å². The molecule has 0 spiro atoms. The minimum Gasteiger partial charge on any atom is -0.497 e. The fraction of sp³-hybridized carbons (Fsp3) is 0.263. The molecule has 0 N–H and O–H groups in total. The standard InChI is InChI=1S/C19H20N2O2S/c1-22-17-7-3-15(4-8-17)13-21(19(24)11-12-20)14-16-5-9-18(23-2)10-6-16/h3-10H,11,13-14H2,1-2H3. The normalized spacial score (nSPS) is 9.88. The van der Waals surface area contributed by atoms with E-state index >= 15 is 0 Å². The van der Waals surface area contributed by atoms with Crippen LogP contribution in [0.1, 0.15) is 17.5 Å². The number of nitrogens with zero attached hydrogens (tertiary/aromatic N) is 2. The van der Waals surface area contributed by atoms with Crippen LogP contribution in [0.15, 0.2) is 48.5 Å². The maximum absolute atomic E-state index is 8.96. The Labute approximate surface area is 148 Å². The molecule has 2 aromatic carbocycles. The summed E-state index contributed by atoms with van der Waals surface area (Å²) in [4.78, 5) is 2.69. The summed E-state index contributed by atoms with van der Waals surface area (Å²) in [5.74, 6) is 1.64. The van der Waals surface area contributed by atoms with Crippen LogP contribution < -0.4 is 9.47 Å². The molecule has 0 unspecified atom stereocenters. The van der Waals surface area contributed by atoms with Crippen molar-refractivity contribution in [2.24, 2.45) is 0 Å². The third kappa shape index (κ3) is 4.97. The lowest BCUT2D eigenvalue weighted by atomic mass is 10.1. The number of rotatable bonds is 7. The fourth-order valence-corrected chi connectivity index (χ4v) is 2.51. The number of thiocarbonyl (C=S) groups is 1. The van der Waals surface area contributed by atoms with Crippen molar-refractivity contribution in [1.29, 1.82) is 5.26 Å². The van der Waals surface area contributed by atoms with Crippen molar-refractivity contribution in [3.05, 3.63) is 59.7 Å². The highest BCUT2D eigenvalue weighted by Gasteiger charge is 2.11. The highest BCUT2D eigenvalue weighted by atomic mass is 32.1. The van der Waals surface area contributed by atoms with Crippen LogP contribution in [0.5, 0.6) is 11.5 Å². The molecular weight excluding hydrogens is 320 g/mol. The Morgan fingerprint density at radius 2 is 1.33 bits per heavy atom.